The van der Waals surface area contributed by atoms with Crippen LogP contribution in [0.2, 0.25) is 0 Å². The van der Waals surface area contributed by atoms with Gasteiger partial charge in [0.05, 0.1) is 6.61 Å². The third kappa shape index (κ3) is 8.43. The summed E-state index contributed by atoms with van der Waals surface area (Å²) in [4.78, 5) is 32.9. The highest BCUT2D eigenvalue weighted by Gasteiger charge is 2.25. The molecule has 1 aromatic carbocycles. The molecule has 1 fully saturated rings. The number of hydrogen-bond donors (Lipinski definition) is 1. The second-order valence-corrected chi connectivity index (χ2v) is 9.31. The molecule has 0 spiro atoms. The minimum Gasteiger partial charge on any atom is -0.490 e. The Kier molecular flexibility index (Phi) is 9.31. The summed E-state index contributed by atoms with van der Waals surface area (Å²) in [5, 5.41) is 2.97. The van der Waals surface area contributed by atoms with Gasteiger partial charge in [-0.15, -0.1) is 0 Å². The molecule has 0 atom stereocenters. The van der Waals surface area contributed by atoms with E-state index >= 15 is 0 Å². The van der Waals surface area contributed by atoms with Crippen LogP contribution in [-0.4, -0.2) is 78.3 Å². The molecule has 9 heteroatoms. The highest BCUT2D eigenvalue weighted by Crippen LogP contribution is 2.29. The molecule has 2 heterocycles. The first-order chi connectivity index (χ1) is 16.7. The molecule has 0 radical (unpaired) electrons. The summed E-state index contributed by atoms with van der Waals surface area (Å²) in [6, 6.07) is 8.99. The number of carbonyl (C=O) groups excluding carboxylic acids is 2. The molecule has 2 aromatic rings. The van der Waals surface area contributed by atoms with Crippen LogP contribution < -0.4 is 14.8 Å². The van der Waals surface area contributed by atoms with E-state index in [1.165, 1.54) is 0 Å². The second kappa shape index (κ2) is 12.4. The first-order valence-electron chi connectivity index (χ1n) is 12.0. The predicted octanol–water partition coefficient (Wildman–Crippen LogP) is 3.34. The minimum absolute atomic E-state index is 0.169. The maximum atomic E-state index is 12.7. The van der Waals surface area contributed by atoms with E-state index in [0.717, 1.165) is 18.7 Å². The van der Waals surface area contributed by atoms with E-state index in [-0.39, 0.29) is 12.0 Å². The normalized spacial score (nSPS) is 14.3. The molecular formula is C26H36N4O5. The first kappa shape index (κ1) is 26.3. The van der Waals surface area contributed by atoms with Gasteiger partial charge in [0.25, 0.3) is 5.91 Å². The van der Waals surface area contributed by atoms with Crippen molar-refractivity contribution >= 4 is 12.0 Å². The molecular weight excluding hydrogens is 448 g/mol. The number of pyridine rings is 1. The Labute approximate surface area is 207 Å². The molecule has 1 saturated heterocycles. The van der Waals surface area contributed by atoms with Crippen molar-refractivity contribution in [2.75, 3.05) is 45.9 Å². The maximum Gasteiger partial charge on any atom is 0.410 e. The van der Waals surface area contributed by atoms with Crippen LogP contribution in [0.1, 0.15) is 43.6 Å². The summed E-state index contributed by atoms with van der Waals surface area (Å²) in [6.07, 6.45) is 3.19. The Morgan fingerprint density at radius 1 is 1.06 bits per heavy atom. The van der Waals surface area contributed by atoms with Crippen molar-refractivity contribution < 1.29 is 23.8 Å². The Hall–Kier alpha value is -3.33. The minimum atomic E-state index is -0.496. The molecule has 0 aliphatic carbocycles. The molecule has 9 nitrogen and oxygen atoms in total. The molecule has 0 unspecified atom stereocenters. The van der Waals surface area contributed by atoms with Crippen LogP contribution in [0.15, 0.2) is 42.7 Å². The van der Waals surface area contributed by atoms with Gasteiger partial charge in [0, 0.05) is 62.8 Å². The number of nitrogens with one attached hydrogen (secondary N) is 1. The number of amides is 2. The zero-order valence-electron chi connectivity index (χ0n) is 21.1. The molecule has 1 N–H and O–H groups in total. The van der Waals surface area contributed by atoms with Gasteiger partial charge in [0.2, 0.25) is 0 Å². The van der Waals surface area contributed by atoms with Crippen LogP contribution in [-0.2, 0) is 11.3 Å². The lowest BCUT2D eigenvalue weighted by Gasteiger charge is -2.35. The number of aromatic nitrogens is 1. The Morgan fingerprint density at radius 2 is 1.83 bits per heavy atom. The second-order valence-electron chi connectivity index (χ2n) is 9.31. The third-order valence-corrected chi connectivity index (χ3v) is 5.36. The van der Waals surface area contributed by atoms with Crippen molar-refractivity contribution in [3.05, 3.63) is 53.9 Å². The van der Waals surface area contributed by atoms with E-state index in [9.17, 15) is 9.59 Å². The van der Waals surface area contributed by atoms with Gasteiger partial charge >= 0.3 is 6.09 Å². The molecule has 1 aliphatic rings. The van der Waals surface area contributed by atoms with Crippen LogP contribution in [0.3, 0.4) is 0 Å². The summed E-state index contributed by atoms with van der Waals surface area (Å²) < 4.78 is 17.0. The third-order valence-electron chi connectivity index (χ3n) is 5.36. The van der Waals surface area contributed by atoms with Crippen LogP contribution in [0, 0.1) is 0 Å². The van der Waals surface area contributed by atoms with Gasteiger partial charge in [-0.05, 0) is 52.0 Å². The number of rotatable bonds is 9. The van der Waals surface area contributed by atoms with E-state index < -0.39 is 5.60 Å². The summed E-state index contributed by atoms with van der Waals surface area (Å²) in [6.45, 7) is 12.2. The molecule has 0 bridgehead atoms. The van der Waals surface area contributed by atoms with Crippen LogP contribution in [0.5, 0.6) is 11.5 Å². The number of ether oxygens (including phenoxy) is 3. The average molecular weight is 485 g/mol. The lowest BCUT2D eigenvalue weighted by molar-refractivity contribution is 0.0147. The zero-order valence-corrected chi connectivity index (χ0v) is 21.1. The van der Waals surface area contributed by atoms with Crippen molar-refractivity contribution in [1.82, 2.24) is 20.1 Å². The molecule has 0 saturated carbocycles. The monoisotopic (exact) mass is 484 g/mol. The molecule has 2 amide bonds. The maximum absolute atomic E-state index is 12.7. The van der Waals surface area contributed by atoms with Crippen LogP contribution >= 0.6 is 0 Å². The first-order valence-corrected chi connectivity index (χ1v) is 12.0. The van der Waals surface area contributed by atoms with Crippen molar-refractivity contribution in [2.45, 2.75) is 39.9 Å². The molecule has 190 valence electrons. The van der Waals surface area contributed by atoms with Gasteiger partial charge in [-0.1, -0.05) is 6.07 Å². The van der Waals surface area contributed by atoms with E-state index in [4.69, 9.17) is 14.2 Å². The van der Waals surface area contributed by atoms with Crippen molar-refractivity contribution in [3.63, 3.8) is 0 Å². The van der Waals surface area contributed by atoms with E-state index in [1.54, 1.807) is 35.5 Å². The number of nitrogens with zero attached hydrogens (tertiary/aromatic N) is 3. The highest BCUT2D eigenvalue weighted by molar-refractivity contribution is 5.94. The standard InChI is InChI=1S/C26H36N4O5/c1-5-33-23-17-21(8-9-22(23)34-19-20-7-6-10-27-18-20)24(31)28-11-12-29-13-15-30(16-14-29)25(32)35-26(2,3)4/h6-10,17-18H,5,11-16,19H2,1-4H3,(H,28,31). The summed E-state index contributed by atoms with van der Waals surface area (Å²) >= 11 is 0. The molecule has 1 aliphatic heterocycles. The fourth-order valence-electron chi connectivity index (χ4n) is 3.59. The van der Waals surface area contributed by atoms with Crippen molar-refractivity contribution in [1.29, 1.82) is 0 Å². The van der Waals surface area contributed by atoms with Crippen LogP contribution in [0.4, 0.5) is 4.79 Å². The molecule has 35 heavy (non-hydrogen) atoms. The Morgan fingerprint density at radius 3 is 2.49 bits per heavy atom. The number of carbonyl (C=O) groups is 2. The van der Waals surface area contributed by atoms with Crippen molar-refractivity contribution in [3.8, 4) is 11.5 Å². The average Bonchev–Trinajstić information content (AvgIpc) is 2.83. The van der Waals surface area contributed by atoms with Gasteiger partial charge in [-0.25, -0.2) is 4.79 Å². The summed E-state index contributed by atoms with van der Waals surface area (Å²) in [5.74, 6) is 0.939. The fourth-order valence-corrected chi connectivity index (χ4v) is 3.59. The molecule has 1 aromatic heterocycles. The van der Waals surface area contributed by atoms with Gasteiger partial charge < -0.3 is 24.4 Å². The Bertz CT molecular complexity index is 969. The lowest BCUT2D eigenvalue weighted by Crippen LogP contribution is -2.51. The smallest absolute Gasteiger partial charge is 0.410 e. The van der Waals surface area contributed by atoms with Gasteiger partial charge in [0.1, 0.15) is 12.2 Å². The number of benzene rings is 1. The Balaban J connectivity index is 1.45. The lowest BCUT2D eigenvalue weighted by atomic mass is 10.2. The van der Waals surface area contributed by atoms with Crippen molar-refractivity contribution in [2.24, 2.45) is 0 Å². The number of hydrogen-bond acceptors (Lipinski definition) is 7. The van der Waals surface area contributed by atoms with E-state index in [0.29, 0.717) is 56.5 Å². The van der Waals surface area contributed by atoms with Gasteiger partial charge in [0.15, 0.2) is 11.5 Å². The van der Waals surface area contributed by atoms with Gasteiger partial charge in [-0.3, -0.25) is 14.7 Å². The largest absolute Gasteiger partial charge is 0.490 e. The molecule has 3 rings (SSSR count). The summed E-state index contributed by atoms with van der Waals surface area (Å²) in [5.41, 5.74) is 0.963. The SMILES string of the molecule is CCOc1cc(C(=O)NCCN2CCN(C(=O)OC(C)(C)C)CC2)ccc1OCc1cccnc1. The quantitative estimate of drug-likeness (QED) is 0.583. The predicted molar refractivity (Wildman–Crippen MR) is 133 cm³/mol. The summed E-state index contributed by atoms with van der Waals surface area (Å²) in [7, 11) is 0. The highest BCUT2D eigenvalue weighted by atomic mass is 16.6. The topological polar surface area (TPSA) is 93.2 Å². The zero-order chi connectivity index (χ0) is 25.3. The van der Waals surface area contributed by atoms with Gasteiger partial charge in [-0.2, -0.15) is 0 Å². The van der Waals surface area contributed by atoms with E-state index in [1.807, 2.05) is 39.8 Å². The van der Waals surface area contributed by atoms with E-state index in [2.05, 4.69) is 15.2 Å². The fraction of sp³-hybridized carbons (Fsp3) is 0.500. The number of piperazine rings is 1. The van der Waals surface area contributed by atoms with Crippen LogP contribution in [0.25, 0.3) is 0 Å².